The summed E-state index contributed by atoms with van der Waals surface area (Å²) in [6.07, 6.45) is -1.26. The predicted molar refractivity (Wildman–Crippen MR) is 57.2 cm³/mol. The molecule has 0 radical (unpaired) electrons. The molecule has 1 fully saturated rings. The Labute approximate surface area is 97.2 Å². The SMILES string of the molecule is CN(C)c1cc(OC2CC2)cnc1C(F)(F)F. The topological polar surface area (TPSA) is 25.4 Å². The Morgan fingerprint density at radius 1 is 1.35 bits per heavy atom. The monoisotopic (exact) mass is 246 g/mol. The van der Waals surface area contributed by atoms with Gasteiger partial charge in [-0.05, 0) is 12.8 Å². The first kappa shape index (κ1) is 12.0. The van der Waals surface area contributed by atoms with Gasteiger partial charge in [0, 0.05) is 20.2 Å². The van der Waals surface area contributed by atoms with Gasteiger partial charge in [-0.3, -0.25) is 0 Å². The molecule has 0 spiro atoms. The summed E-state index contributed by atoms with van der Waals surface area (Å²) >= 11 is 0. The molecule has 1 aromatic rings. The Balaban J connectivity index is 2.33. The average molecular weight is 246 g/mol. The van der Waals surface area contributed by atoms with Crippen LogP contribution in [0.1, 0.15) is 18.5 Å². The molecule has 0 aromatic carbocycles. The maximum Gasteiger partial charge on any atom is 0.435 e. The quantitative estimate of drug-likeness (QED) is 0.820. The third-order valence-electron chi connectivity index (χ3n) is 2.42. The van der Waals surface area contributed by atoms with Gasteiger partial charge in [0.05, 0.1) is 18.0 Å². The number of hydrogen-bond donors (Lipinski definition) is 0. The highest BCUT2D eigenvalue weighted by molar-refractivity contribution is 5.54. The van der Waals surface area contributed by atoms with E-state index in [-0.39, 0.29) is 11.8 Å². The lowest BCUT2D eigenvalue weighted by Crippen LogP contribution is -2.18. The van der Waals surface area contributed by atoms with Crippen LogP contribution in [0.4, 0.5) is 18.9 Å². The summed E-state index contributed by atoms with van der Waals surface area (Å²) in [6, 6.07) is 1.38. The Hall–Kier alpha value is -1.46. The zero-order chi connectivity index (χ0) is 12.6. The van der Waals surface area contributed by atoms with E-state index in [0.29, 0.717) is 5.75 Å². The Kier molecular flexibility index (Phi) is 2.89. The van der Waals surface area contributed by atoms with Crippen molar-refractivity contribution in [3.8, 4) is 5.75 Å². The molecular weight excluding hydrogens is 233 g/mol. The predicted octanol–water partition coefficient (Wildman–Crippen LogP) is 2.71. The molecule has 3 nitrogen and oxygen atoms in total. The van der Waals surface area contributed by atoms with Crippen LogP contribution in [0.25, 0.3) is 0 Å². The van der Waals surface area contributed by atoms with E-state index in [4.69, 9.17) is 4.74 Å². The fourth-order valence-electron chi connectivity index (χ4n) is 1.44. The maximum absolute atomic E-state index is 12.7. The van der Waals surface area contributed by atoms with Crippen molar-refractivity contribution in [3.05, 3.63) is 18.0 Å². The molecule has 0 saturated heterocycles. The van der Waals surface area contributed by atoms with Crippen molar-refractivity contribution in [1.29, 1.82) is 0 Å². The standard InChI is InChI=1S/C11H13F3N2O/c1-16(2)9-5-8(17-7-3-4-7)6-15-10(9)11(12,13)14/h5-7H,3-4H2,1-2H3. The first-order valence-electron chi connectivity index (χ1n) is 5.29. The molecule has 0 atom stereocenters. The van der Waals surface area contributed by atoms with Crippen LogP contribution in [-0.2, 0) is 6.18 Å². The highest BCUT2D eigenvalue weighted by atomic mass is 19.4. The number of pyridine rings is 1. The molecule has 1 saturated carbocycles. The summed E-state index contributed by atoms with van der Waals surface area (Å²) in [5, 5.41) is 0. The largest absolute Gasteiger partial charge is 0.489 e. The van der Waals surface area contributed by atoms with Gasteiger partial charge >= 0.3 is 6.18 Å². The van der Waals surface area contributed by atoms with Crippen molar-refractivity contribution >= 4 is 5.69 Å². The first-order valence-corrected chi connectivity index (χ1v) is 5.29. The smallest absolute Gasteiger partial charge is 0.435 e. The van der Waals surface area contributed by atoms with Gasteiger partial charge in [0.25, 0.3) is 0 Å². The molecule has 1 aromatic heterocycles. The van der Waals surface area contributed by atoms with E-state index in [2.05, 4.69) is 4.98 Å². The minimum Gasteiger partial charge on any atom is -0.489 e. The lowest BCUT2D eigenvalue weighted by Gasteiger charge is -2.19. The molecule has 94 valence electrons. The lowest BCUT2D eigenvalue weighted by atomic mass is 10.2. The Bertz CT molecular complexity index is 414. The van der Waals surface area contributed by atoms with E-state index in [0.717, 1.165) is 19.0 Å². The van der Waals surface area contributed by atoms with Crippen molar-refractivity contribution in [3.63, 3.8) is 0 Å². The maximum atomic E-state index is 12.7. The second kappa shape index (κ2) is 4.09. The highest BCUT2D eigenvalue weighted by Gasteiger charge is 2.36. The third kappa shape index (κ3) is 2.81. The van der Waals surface area contributed by atoms with Gasteiger partial charge in [-0.1, -0.05) is 0 Å². The average Bonchev–Trinajstić information content (AvgIpc) is 2.99. The fraction of sp³-hybridized carbons (Fsp3) is 0.545. The molecule has 0 aliphatic heterocycles. The van der Waals surface area contributed by atoms with Crippen LogP contribution in [0, 0.1) is 0 Å². The van der Waals surface area contributed by atoms with Crippen LogP contribution in [-0.4, -0.2) is 25.2 Å². The van der Waals surface area contributed by atoms with E-state index in [1.54, 1.807) is 14.1 Å². The van der Waals surface area contributed by atoms with E-state index in [1.807, 2.05) is 0 Å². The van der Waals surface area contributed by atoms with Gasteiger partial charge in [-0.2, -0.15) is 13.2 Å². The van der Waals surface area contributed by atoms with Crippen LogP contribution in [0.2, 0.25) is 0 Å². The molecule has 0 N–H and O–H groups in total. The summed E-state index contributed by atoms with van der Waals surface area (Å²) in [5.74, 6) is 0.393. The zero-order valence-corrected chi connectivity index (χ0v) is 9.58. The number of anilines is 1. The van der Waals surface area contributed by atoms with Crippen LogP contribution in [0.15, 0.2) is 12.3 Å². The van der Waals surface area contributed by atoms with Gasteiger partial charge in [0.1, 0.15) is 5.75 Å². The van der Waals surface area contributed by atoms with E-state index >= 15 is 0 Å². The normalized spacial score (nSPS) is 15.8. The third-order valence-corrected chi connectivity index (χ3v) is 2.42. The molecule has 0 amide bonds. The second-order valence-electron chi connectivity index (χ2n) is 4.25. The molecule has 1 heterocycles. The molecule has 6 heteroatoms. The van der Waals surface area contributed by atoms with E-state index in [1.165, 1.54) is 11.0 Å². The number of nitrogens with zero attached hydrogens (tertiary/aromatic N) is 2. The summed E-state index contributed by atoms with van der Waals surface area (Å²) in [4.78, 5) is 4.84. The minimum atomic E-state index is -4.45. The molecule has 17 heavy (non-hydrogen) atoms. The van der Waals surface area contributed by atoms with Crippen LogP contribution >= 0.6 is 0 Å². The first-order chi connectivity index (χ1) is 7.88. The van der Waals surface area contributed by atoms with Crippen LogP contribution < -0.4 is 9.64 Å². The number of ether oxygens (including phenoxy) is 1. The van der Waals surface area contributed by atoms with Gasteiger partial charge in [0.2, 0.25) is 0 Å². The fourth-order valence-corrected chi connectivity index (χ4v) is 1.44. The lowest BCUT2D eigenvalue weighted by molar-refractivity contribution is -0.140. The van der Waals surface area contributed by atoms with Gasteiger partial charge in [0.15, 0.2) is 5.69 Å². The molecule has 0 bridgehead atoms. The molecule has 0 unspecified atom stereocenters. The van der Waals surface area contributed by atoms with Gasteiger partial charge in [-0.15, -0.1) is 0 Å². The van der Waals surface area contributed by atoms with Crippen molar-refractivity contribution < 1.29 is 17.9 Å². The van der Waals surface area contributed by atoms with Gasteiger partial charge in [-0.25, -0.2) is 4.98 Å². The number of hydrogen-bond acceptors (Lipinski definition) is 3. The number of halogens is 3. The van der Waals surface area contributed by atoms with Crippen molar-refractivity contribution in [1.82, 2.24) is 4.98 Å². The summed E-state index contributed by atoms with van der Waals surface area (Å²) in [5.41, 5.74) is -0.860. The van der Waals surface area contributed by atoms with Crippen molar-refractivity contribution in [2.24, 2.45) is 0 Å². The van der Waals surface area contributed by atoms with Crippen LogP contribution in [0.3, 0.4) is 0 Å². The second-order valence-corrected chi connectivity index (χ2v) is 4.25. The van der Waals surface area contributed by atoms with Crippen LogP contribution in [0.5, 0.6) is 5.75 Å². The Morgan fingerprint density at radius 3 is 2.47 bits per heavy atom. The Morgan fingerprint density at radius 2 is 2.00 bits per heavy atom. The van der Waals surface area contributed by atoms with Crippen molar-refractivity contribution in [2.75, 3.05) is 19.0 Å². The van der Waals surface area contributed by atoms with E-state index in [9.17, 15) is 13.2 Å². The minimum absolute atomic E-state index is 0.0238. The molecular formula is C11H13F3N2O. The highest BCUT2D eigenvalue weighted by Crippen LogP contribution is 2.37. The zero-order valence-electron chi connectivity index (χ0n) is 9.58. The van der Waals surface area contributed by atoms with Crippen molar-refractivity contribution in [2.45, 2.75) is 25.1 Å². The number of rotatable bonds is 3. The molecule has 1 aliphatic rings. The van der Waals surface area contributed by atoms with Gasteiger partial charge < -0.3 is 9.64 Å². The summed E-state index contributed by atoms with van der Waals surface area (Å²) < 4.78 is 43.5. The summed E-state index contributed by atoms with van der Waals surface area (Å²) in [6.45, 7) is 0. The number of alkyl halides is 3. The molecule has 1 aliphatic carbocycles. The van der Waals surface area contributed by atoms with E-state index < -0.39 is 11.9 Å². The summed E-state index contributed by atoms with van der Waals surface area (Å²) in [7, 11) is 3.10. The number of aromatic nitrogens is 1. The molecule has 2 rings (SSSR count).